The minimum absolute atomic E-state index is 0.0732. The summed E-state index contributed by atoms with van der Waals surface area (Å²) in [6, 6.07) is 19.1. The highest BCUT2D eigenvalue weighted by atomic mass is 79.9. The van der Waals surface area contributed by atoms with Crippen LogP contribution in [0, 0.1) is 13.8 Å². The van der Waals surface area contributed by atoms with E-state index in [1.807, 2.05) is 44.2 Å². The van der Waals surface area contributed by atoms with Crippen molar-refractivity contribution in [1.82, 2.24) is 5.43 Å². The number of halogens is 1. The summed E-state index contributed by atoms with van der Waals surface area (Å²) in [5.74, 6) is -0.251. The Morgan fingerprint density at radius 1 is 1.00 bits per heavy atom. The third-order valence-electron chi connectivity index (χ3n) is 5.11. The molecule has 34 heavy (non-hydrogen) atoms. The Bertz CT molecular complexity index is 1300. The van der Waals surface area contributed by atoms with Gasteiger partial charge in [-0.25, -0.2) is 13.8 Å². The number of rotatable bonds is 8. The van der Waals surface area contributed by atoms with Crippen LogP contribution in [0.5, 0.6) is 5.75 Å². The van der Waals surface area contributed by atoms with Gasteiger partial charge in [0.15, 0.2) is 0 Å². The minimum atomic E-state index is -4.07. The molecule has 0 aliphatic heterocycles. The van der Waals surface area contributed by atoms with Crippen LogP contribution in [0.3, 0.4) is 0 Å². The van der Waals surface area contributed by atoms with E-state index in [4.69, 9.17) is 4.74 Å². The summed E-state index contributed by atoms with van der Waals surface area (Å²) in [5, 5.41) is 4.15. The molecule has 3 rings (SSSR count). The van der Waals surface area contributed by atoms with E-state index in [9.17, 15) is 13.2 Å². The van der Waals surface area contributed by atoms with E-state index in [2.05, 4.69) is 26.5 Å². The molecular weight excluding hydrogens is 518 g/mol. The van der Waals surface area contributed by atoms with Gasteiger partial charge in [0.2, 0.25) is 0 Å². The molecule has 0 aromatic heterocycles. The summed E-state index contributed by atoms with van der Waals surface area (Å²) in [6.45, 7) is 4.99. The van der Waals surface area contributed by atoms with Crippen LogP contribution in [0.4, 0.5) is 5.69 Å². The second-order valence-corrected chi connectivity index (χ2v) is 10.5. The van der Waals surface area contributed by atoms with Gasteiger partial charge in [0.05, 0.1) is 23.4 Å². The maximum Gasteiger partial charge on any atom is 0.264 e. The molecule has 3 aromatic carbocycles. The summed E-state index contributed by atoms with van der Waals surface area (Å²) < 4.78 is 34.6. The van der Waals surface area contributed by atoms with Crippen molar-refractivity contribution in [2.24, 2.45) is 5.10 Å². The van der Waals surface area contributed by atoms with Crippen molar-refractivity contribution < 1.29 is 17.9 Å². The van der Waals surface area contributed by atoms with Gasteiger partial charge in [-0.1, -0.05) is 51.8 Å². The SMILES string of the molecule is COc1ccc(C)cc1N(CC(=O)N/N=C(/C)c1ccc(Br)cc1)S(=O)(=O)c1ccc(C)cc1. The Kier molecular flexibility index (Phi) is 8.11. The normalized spacial score (nSPS) is 11.7. The van der Waals surface area contributed by atoms with Crippen LogP contribution in [-0.4, -0.2) is 33.7 Å². The van der Waals surface area contributed by atoms with Gasteiger partial charge in [-0.05, 0) is 68.3 Å². The Morgan fingerprint density at radius 3 is 2.24 bits per heavy atom. The molecule has 0 heterocycles. The second kappa shape index (κ2) is 10.8. The lowest BCUT2D eigenvalue weighted by atomic mass is 10.1. The van der Waals surface area contributed by atoms with Crippen LogP contribution in [0.25, 0.3) is 0 Å². The Labute approximate surface area is 208 Å². The molecule has 1 N–H and O–H groups in total. The number of anilines is 1. The average molecular weight is 544 g/mol. The maximum atomic E-state index is 13.6. The monoisotopic (exact) mass is 543 g/mol. The third kappa shape index (κ3) is 6.03. The smallest absolute Gasteiger partial charge is 0.264 e. The number of benzene rings is 3. The number of nitrogens with one attached hydrogen (secondary N) is 1. The van der Waals surface area contributed by atoms with E-state index >= 15 is 0 Å². The van der Waals surface area contributed by atoms with E-state index in [1.165, 1.54) is 19.2 Å². The number of hydrazone groups is 1. The fourth-order valence-electron chi connectivity index (χ4n) is 3.20. The molecule has 1 amide bonds. The number of nitrogens with zero attached hydrogens (tertiary/aromatic N) is 2. The molecule has 0 saturated heterocycles. The number of sulfonamides is 1. The molecule has 9 heteroatoms. The standard InChI is InChI=1S/C25H26BrN3O4S/c1-17-5-12-22(13-6-17)34(31,32)29(23-15-18(2)7-14-24(23)33-4)16-25(30)28-27-19(3)20-8-10-21(26)11-9-20/h5-15H,16H2,1-4H3,(H,28,30)/b27-19-. The fraction of sp³-hybridized carbons (Fsp3) is 0.200. The number of carbonyl (C=O) groups is 1. The highest BCUT2D eigenvalue weighted by Gasteiger charge is 2.29. The topological polar surface area (TPSA) is 88.1 Å². The van der Waals surface area contributed by atoms with Crippen LogP contribution in [0.2, 0.25) is 0 Å². The van der Waals surface area contributed by atoms with E-state index in [0.717, 1.165) is 25.5 Å². The number of carbonyl (C=O) groups excluding carboxylic acids is 1. The first-order valence-corrected chi connectivity index (χ1v) is 12.7. The zero-order chi connectivity index (χ0) is 24.9. The fourth-order valence-corrected chi connectivity index (χ4v) is 4.89. The van der Waals surface area contributed by atoms with Gasteiger partial charge >= 0.3 is 0 Å². The van der Waals surface area contributed by atoms with E-state index in [1.54, 1.807) is 31.2 Å². The Balaban J connectivity index is 1.95. The van der Waals surface area contributed by atoms with Crippen LogP contribution in [0.15, 0.2) is 81.2 Å². The molecule has 0 fully saturated rings. The summed E-state index contributed by atoms with van der Waals surface area (Å²) in [5.41, 5.74) is 5.90. The second-order valence-electron chi connectivity index (χ2n) is 7.74. The predicted octanol–water partition coefficient (Wildman–Crippen LogP) is 4.81. The molecule has 3 aromatic rings. The summed E-state index contributed by atoms with van der Waals surface area (Å²) in [6.07, 6.45) is 0. The molecule has 0 aliphatic rings. The highest BCUT2D eigenvalue weighted by molar-refractivity contribution is 9.10. The predicted molar refractivity (Wildman–Crippen MR) is 138 cm³/mol. The quantitative estimate of drug-likeness (QED) is 0.326. The van der Waals surface area contributed by atoms with Gasteiger partial charge in [0.1, 0.15) is 12.3 Å². The van der Waals surface area contributed by atoms with Gasteiger partial charge < -0.3 is 4.74 Å². The van der Waals surface area contributed by atoms with Crippen molar-refractivity contribution in [2.45, 2.75) is 25.7 Å². The van der Waals surface area contributed by atoms with Gasteiger partial charge in [-0.3, -0.25) is 9.10 Å². The first-order valence-electron chi connectivity index (χ1n) is 10.4. The average Bonchev–Trinajstić information content (AvgIpc) is 2.81. The van der Waals surface area contributed by atoms with Crippen molar-refractivity contribution >= 4 is 43.3 Å². The zero-order valence-corrected chi connectivity index (χ0v) is 21.8. The van der Waals surface area contributed by atoms with Crippen LogP contribution < -0.4 is 14.5 Å². The van der Waals surface area contributed by atoms with Crippen molar-refractivity contribution in [2.75, 3.05) is 18.0 Å². The number of hydrogen-bond donors (Lipinski definition) is 1. The van der Waals surface area contributed by atoms with Crippen molar-refractivity contribution in [1.29, 1.82) is 0 Å². The van der Waals surface area contributed by atoms with Crippen molar-refractivity contribution in [3.8, 4) is 5.75 Å². The minimum Gasteiger partial charge on any atom is -0.495 e. The molecule has 178 valence electrons. The molecule has 0 bridgehead atoms. The number of ether oxygens (including phenoxy) is 1. The molecular formula is C25H26BrN3O4S. The van der Waals surface area contributed by atoms with Crippen molar-refractivity contribution in [3.05, 3.63) is 87.9 Å². The highest BCUT2D eigenvalue weighted by Crippen LogP contribution is 2.33. The molecule has 0 saturated carbocycles. The largest absolute Gasteiger partial charge is 0.495 e. The number of amides is 1. The lowest BCUT2D eigenvalue weighted by molar-refractivity contribution is -0.119. The number of methoxy groups -OCH3 is 1. The number of hydrogen-bond acceptors (Lipinski definition) is 5. The van der Waals surface area contributed by atoms with Gasteiger partial charge in [0, 0.05) is 4.47 Å². The molecule has 7 nitrogen and oxygen atoms in total. The lowest BCUT2D eigenvalue weighted by Crippen LogP contribution is -2.40. The van der Waals surface area contributed by atoms with Crippen LogP contribution >= 0.6 is 15.9 Å². The lowest BCUT2D eigenvalue weighted by Gasteiger charge is -2.25. The Hall–Kier alpha value is -3.17. The Morgan fingerprint density at radius 2 is 1.62 bits per heavy atom. The molecule has 0 aliphatic carbocycles. The van der Waals surface area contributed by atoms with Gasteiger partial charge in [0.25, 0.3) is 15.9 Å². The number of aryl methyl sites for hydroxylation is 2. The first kappa shape index (κ1) is 25.5. The van der Waals surface area contributed by atoms with Crippen LogP contribution in [0.1, 0.15) is 23.6 Å². The maximum absolute atomic E-state index is 13.6. The summed E-state index contributed by atoms with van der Waals surface area (Å²) >= 11 is 3.38. The summed E-state index contributed by atoms with van der Waals surface area (Å²) in [4.78, 5) is 12.9. The van der Waals surface area contributed by atoms with Gasteiger partial charge in [-0.2, -0.15) is 5.10 Å². The van der Waals surface area contributed by atoms with E-state index in [0.29, 0.717) is 11.5 Å². The molecule has 0 spiro atoms. The third-order valence-corrected chi connectivity index (χ3v) is 7.41. The molecule has 0 unspecified atom stereocenters. The van der Waals surface area contributed by atoms with Crippen LogP contribution in [-0.2, 0) is 14.8 Å². The molecule has 0 radical (unpaired) electrons. The zero-order valence-electron chi connectivity index (χ0n) is 19.4. The van der Waals surface area contributed by atoms with Crippen molar-refractivity contribution in [3.63, 3.8) is 0 Å². The first-order chi connectivity index (χ1) is 16.1. The van der Waals surface area contributed by atoms with E-state index in [-0.39, 0.29) is 10.6 Å². The molecule has 0 atom stereocenters. The van der Waals surface area contributed by atoms with Gasteiger partial charge in [-0.15, -0.1) is 0 Å². The van der Waals surface area contributed by atoms with E-state index < -0.39 is 22.5 Å². The summed E-state index contributed by atoms with van der Waals surface area (Å²) in [7, 11) is -2.62.